The molecule has 1 aromatic rings. The normalized spacial score (nSPS) is 13.7. The predicted octanol–water partition coefficient (Wildman–Crippen LogP) is 5.33. The molecule has 0 radical (unpaired) electrons. The predicted molar refractivity (Wildman–Crippen MR) is 93.5 cm³/mol. The van der Waals surface area contributed by atoms with Crippen molar-refractivity contribution in [2.75, 3.05) is 19.3 Å². The van der Waals surface area contributed by atoms with E-state index in [1.807, 2.05) is 12.1 Å². The van der Waals surface area contributed by atoms with E-state index in [-0.39, 0.29) is 17.3 Å². The van der Waals surface area contributed by atoms with E-state index < -0.39 is 0 Å². The van der Waals surface area contributed by atoms with Gasteiger partial charge in [-0.15, -0.1) is 0 Å². The van der Waals surface area contributed by atoms with Crippen LogP contribution in [0.5, 0.6) is 0 Å². The van der Waals surface area contributed by atoms with Crippen LogP contribution >= 0.6 is 12.6 Å². The van der Waals surface area contributed by atoms with E-state index in [1.165, 1.54) is 25.7 Å². The fraction of sp³-hybridized carbons (Fsp3) is 0.667. The van der Waals surface area contributed by atoms with Crippen molar-refractivity contribution in [2.45, 2.75) is 52.5 Å². The van der Waals surface area contributed by atoms with Gasteiger partial charge in [0.25, 0.3) is 0 Å². The minimum absolute atomic E-state index is 0.0826. The number of rotatable bonds is 9. The summed E-state index contributed by atoms with van der Waals surface area (Å²) >= 11 is 4.62. The summed E-state index contributed by atoms with van der Waals surface area (Å²) in [7, 11) is 2.10. The second-order valence-corrected chi connectivity index (χ2v) is 6.59. The van der Waals surface area contributed by atoms with E-state index in [0.717, 1.165) is 17.9 Å². The highest BCUT2D eigenvalue weighted by molar-refractivity contribution is 7.80. The average molecular weight is 312 g/mol. The van der Waals surface area contributed by atoms with Crippen LogP contribution in [-0.4, -0.2) is 24.2 Å². The van der Waals surface area contributed by atoms with Gasteiger partial charge in [0, 0.05) is 18.2 Å². The van der Waals surface area contributed by atoms with Crippen LogP contribution in [-0.2, 0) is 0 Å². The molecule has 0 aliphatic heterocycles. The third-order valence-electron chi connectivity index (χ3n) is 4.50. The van der Waals surface area contributed by atoms with E-state index in [0.29, 0.717) is 0 Å². The van der Waals surface area contributed by atoms with E-state index in [1.54, 1.807) is 12.1 Å². The van der Waals surface area contributed by atoms with Crippen molar-refractivity contribution in [3.05, 3.63) is 35.6 Å². The Morgan fingerprint density at radius 1 is 1.19 bits per heavy atom. The van der Waals surface area contributed by atoms with E-state index in [2.05, 4.69) is 45.3 Å². The molecule has 0 heterocycles. The zero-order valence-electron chi connectivity index (χ0n) is 13.9. The highest BCUT2D eigenvalue weighted by Crippen LogP contribution is 2.34. The van der Waals surface area contributed by atoms with Crippen molar-refractivity contribution < 1.29 is 4.39 Å². The summed E-state index contributed by atoms with van der Waals surface area (Å²) in [6.07, 6.45) is 4.70. The summed E-state index contributed by atoms with van der Waals surface area (Å²) in [6, 6.07) is 7.17. The van der Waals surface area contributed by atoms with Crippen molar-refractivity contribution in [1.29, 1.82) is 0 Å². The molecule has 3 heteroatoms. The van der Waals surface area contributed by atoms with Crippen LogP contribution in [0.25, 0.3) is 0 Å². The lowest BCUT2D eigenvalue weighted by molar-refractivity contribution is 0.137. The van der Waals surface area contributed by atoms with Crippen LogP contribution in [0.4, 0.5) is 4.39 Å². The molecule has 21 heavy (non-hydrogen) atoms. The van der Waals surface area contributed by atoms with Crippen molar-refractivity contribution in [3.8, 4) is 0 Å². The number of nitrogens with zero attached hydrogens (tertiary/aromatic N) is 1. The van der Waals surface area contributed by atoms with Gasteiger partial charge < -0.3 is 0 Å². The molecule has 0 spiro atoms. The molecule has 0 aliphatic carbocycles. The molecule has 120 valence electrons. The quantitative estimate of drug-likeness (QED) is 0.603. The Hall–Kier alpha value is -0.540. The van der Waals surface area contributed by atoms with Gasteiger partial charge in [-0.1, -0.05) is 44.9 Å². The minimum Gasteiger partial charge on any atom is -0.299 e. The number of hydrogen-bond acceptors (Lipinski definition) is 2. The molecule has 0 N–H and O–H groups in total. The van der Waals surface area contributed by atoms with E-state index in [4.69, 9.17) is 0 Å². The Balaban J connectivity index is 2.86. The standard InChI is InChI=1S/C18H30FNS/c1-5-11-18(14-21,12-6-2)13-20(4)15(3)16-9-7-8-10-17(16)19/h7-10,15,21H,5-6,11-14H2,1-4H3. The van der Waals surface area contributed by atoms with Crippen LogP contribution in [0.3, 0.4) is 0 Å². The van der Waals surface area contributed by atoms with Gasteiger partial charge in [0.2, 0.25) is 0 Å². The van der Waals surface area contributed by atoms with Gasteiger partial charge in [0.05, 0.1) is 0 Å². The summed E-state index contributed by atoms with van der Waals surface area (Å²) in [5.41, 5.74) is 1.02. The lowest BCUT2D eigenvalue weighted by Crippen LogP contribution is -2.38. The van der Waals surface area contributed by atoms with Gasteiger partial charge in [-0.3, -0.25) is 4.90 Å². The molecule has 0 bridgehead atoms. The highest BCUT2D eigenvalue weighted by atomic mass is 32.1. The Bertz CT molecular complexity index is 415. The monoisotopic (exact) mass is 311 g/mol. The molecule has 0 saturated heterocycles. The number of hydrogen-bond donors (Lipinski definition) is 1. The van der Waals surface area contributed by atoms with Crippen molar-refractivity contribution in [3.63, 3.8) is 0 Å². The van der Waals surface area contributed by atoms with Crippen molar-refractivity contribution in [1.82, 2.24) is 4.90 Å². The van der Waals surface area contributed by atoms with Crippen molar-refractivity contribution >= 4 is 12.6 Å². The Labute approximate surface area is 135 Å². The summed E-state index contributed by atoms with van der Waals surface area (Å²) in [6.45, 7) is 7.51. The maximum Gasteiger partial charge on any atom is 0.127 e. The zero-order chi connectivity index (χ0) is 15.9. The topological polar surface area (TPSA) is 3.24 Å². The molecular formula is C18H30FNS. The zero-order valence-corrected chi connectivity index (χ0v) is 14.8. The Morgan fingerprint density at radius 2 is 1.76 bits per heavy atom. The molecule has 0 fully saturated rings. The lowest BCUT2D eigenvalue weighted by Gasteiger charge is -2.38. The molecular weight excluding hydrogens is 281 g/mol. The first-order chi connectivity index (χ1) is 9.99. The number of benzene rings is 1. The maximum atomic E-state index is 14.0. The van der Waals surface area contributed by atoms with Crippen LogP contribution < -0.4 is 0 Å². The van der Waals surface area contributed by atoms with E-state index in [9.17, 15) is 4.39 Å². The van der Waals surface area contributed by atoms with Gasteiger partial charge in [-0.05, 0) is 44.0 Å². The fourth-order valence-electron chi connectivity index (χ4n) is 3.27. The van der Waals surface area contributed by atoms with Crippen LogP contribution in [0.15, 0.2) is 24.3 Å². The minimum atomic E-state index is -0.112. The van der Waals surface area contributed by atoms with Gasteiger partial charge in [-0.25, -0.2) is 4.39 Å². The smallest absolute Gasteiger partial charge is 0.127 e. The summed E-state index contributed by atoms with van der Waals surface area (Å²) < 4.78 is 14.0. The Kier molecular flexibility index (Phi) is 7.75. The third kappa shape index (κ3) is 5.00. The highest BCUT2D eigenvalue weighted by Gasteiger charge is 2.30. The first kappa shape index (κ1) is 18.5. The number of halogens is 1. The molecule has 0 amide bonds. The lowest BCUT2D eigenvalue weighted by atomic mass is 9.80. The second-order valence-electron chi connectivity index (χ2n) is 6.27. The largest absolute Gasteiger partial charge is 0.299 e. The summed E-state index contributed by atoms with van der Waals surface area (Å²) in [5.74, 6) is 0.780. The molecule has 1 nitrogen and oxygen atoms in total. The van der Waals surface area contributed by atoms with E-state index >= 15 is 0 Å². The first-order valence-electron chi connectivity index (χ1n) is 8.05. The maximum absolute atomic E-state index is 14.0. The Morgan fingerprint density at radius 3 is 2.24 bits per heavy atom. The molecule has 1 rings (SSSR count). The van der Waals surface area contributed by atoms with Crippen LogP contribution in [0, 0.1) is 11.2 Å². The number of thiol groups is 1. The van der Waals surface area contributed by atoms with Crippen LogP contribution in [0.2, 0.25) is 0 Å². The fourth-order valence-corrected chi connectivity index (χ4v) is 3.69. The van der Waals surface area contributed by atoms with Gasteiger partial charge in [0.1, 0.15) is 5.82 Å². The van der Waals surface area contributed by atoms with Gasteiger partial charge in [0.15, 0.2) is 0 Å². The molecule has 1 aromatic carbocycles. The van der Waals surface area contributed by atoms with Crippen molar-refractivity contribution in [2.24, 2.45) is 5.41 Å². The molecule has 1 unspecified atom stereocenters. The summed E-state index contributed by atoms with van der Waals surface area (Å²) in [5, 5.41) is 0. The van der Waals surface area contributed by atoms with Gasteiger partial charge in [-0.2, -0.15) is 12.6 Å². The molecule has 0 aromatic heterocycles. The first-order valence-corrected chi connectivity index (χ1v) is 8.68. The average Bonchev–Trinajstić information content (AvgIpc) is 2.47. The van der Waals surface area contributed by atoms with Crippen LogP contribution in [0.1, 0.15) is 58.1 Å². The SMILES string of the molecule is CCCC(CS)(CCC)CN(C)C(C)c1ccccc1F. The molecule has 1 atom stereocenters. The third-order valence-corrected chi connectivity index (χ3v) is 5.17. The molecule has 0 aliphatic rings. The van der Waals surface area contributed by atoms with Gasteiger partial charge >= 0.3 is 0 Å². The second kappa shape index (κ2) is 8.79. The summed E-state index contributed by atoms with van der Waals surface area (Å²) in [4.78, 5) is 2.28. The molecule has 0 saturated carbocycles.